The van der Waals surface area contributed by atoms with Crippen molar-refractivity contribution in [1.82, 2.24) is 0 Å². The van der Waals surface area contributed by atoms with E-state index in [-0.39, 0.29) is 12.4 Å². The van der Waals surface area contributed by atoms with Gasteiger partial charge in [-0.3, -0.25) is 4.79 Å². The standard InChI is InChI=1S/C32H52O6/c1-6-7-8-9-13-16-21-36-22-17-14-11-10-12-15-18-28(33)32(5)20-19-27-26(4)30(37-23-29(34)35)24(2)25(3)31(27)38-32/h6-23H2,1-5H3,(H,34,35). The number of aliphatic carboxylic acids is 1. The first kappa shape index (κ1) is 32.1. The second-order valence-electron chi connectivity index (χ2n) is 11.2. The minimum absolute atomic E-state index is 0.173. The molecule has 1 aromatic rings. The van der Waals surface area contributed by atoms with Crippen molar-refractivity contribution >= 4 is 11.8 Å². The van der Waals surface area contributed by atoms with Crippen LogP contribution in [0.3, 0.4) is 0 Å². The van der Waals surface area contributed by atoms with Gasteiger partial charge in [-0.25, -0.2) is 4.79 Å². The lowest BCUT2D eigenvalue weighted by Crippen LogP contribution is -2.44. The first-order chi connectivity index (χ1) is 18.2. The molecule has 38 heavy (non-hydrogen) atoms. The van der Waals surface area contributed by atoms with Crippen molar-refractivity contribution in [3.05, 3.63) is 22.3 Å². The third-order valence-electron chi connectivity index (χ3n) is 8.00. The fourth-order valence-electron chi connectivity index (χ4n) is 5.33. The molecule has 6 heteroatoms. The molecule has 0 fully saturated rings. The van der Waals surface area contributed by atoms with Crippen molar-refractivity contribution in [2.75, 3.05) is 19.8 Å². The number of hydrogen-bond acceptors (Lipinski definition) is 5. The third kappa shape index (κ3) is 9.91. The van der Waals surface area contributed by atoms with Crippen LogP contribution in [0.4, 0.5) is 0 Å². The monoisotopic (exact) mass is 532 g/mol. The summed E-state index contributed by atoms with van der Waals surface area (Å²) in [5.41, 5.74) is 2.90. The van der Waals surface area contributed by atoms with Gasteiger partial charge in [-0.2, -0.15) is 0 Å². The summed E-state index contributed by atoms with van der Waals surface area (Å²) in [7, 11) is 0. The molecular weight excluding hydrogens is 480 g/mol. The van der Waals surface area contributed by atoms with E-state index in [1.807, 2.05) is 27.7 Å². The molecule has 0 aliphatic carbocycles. The number of unbranched alkanes of at least 4 members (excludes halogenated alkanes) is 10. The highest BCUT2D eigenvalue weighted by Crippen LogP contribution is 2.44. The van der Waals surface area contributed by atoms with Crippen molar-refractivity contribution in [2.24, 2.45) is 0 Å². The average Bonchev–Trinajstić information content (AvgIpc) is 2.89. The molecule has 0 saturated carbocycles. The molecule has 0 bridgehead atoms. The number of carbonyl (C=O) groups is 2. The fourth-order valence-corrected chi connectivity index (χ4v) is 5.33. The lowest BCUT2D eigenvalue weighted by atomic mass is 9.84. The Morgan fingerprint density at radius 3 is 2.03 bits per heavy atom. The molecule has 0 aromatic heterocycles. The average molecular weight is 533 g/mol. The van der Waals surface area contributed by atoms with E-state index in [4.69, 9.17) is 19.3 Å². The minimum Gasteiger partial charge on any atom is -0.481 e. The molecule has 0 radical (unpaired) electrons. The summed E-state index contributed by atoms with van der Waals surface area (Å²) in [6.45, 7) is 11.4. The fraction of sp³-hybridized carbons (Fsp3) is 0.750. The summed E-state index contributed by atoms with van der Waals surface area (Å²) < 4.78 is 17.7. The highest BCUT2D eigenvalue weighted by Gasteiger charge is 2.40. The van der Waals surface area contributed by atoms with E-state index in [1.165, 1.54) is 51.4 Å². The van der Waals surface area contributed by atoms with E-state index in [9.17, 15) is 9.59 Å². The van der Waals surface area contributed by atoms with Crippen LogP contribution in [0.2, 0.25) is 0 Å². The van der Waals surface area contributed by atoms with Crippen LogP contribution in [0.5, 0.6) is 11.5 Å². The molecule has 1 aliphatic heterocycles. The SMILES string of the molecule is CCCCCCCCOCCCCCCCCC(=O)C1(C)CCc2c(C)c(OCC(=O)O)c(C)c(C)c2O1. The second kappa shape index (κ2) is 16.8. The van der Waals surface area contributed by atoms with E-state index in [0.29, 0.717) is 18.6 Å². The Morgan fingerprint density at radius 2 is 1.42 bits per heavy atom. The maximum Gasteiger partial charge on any atom is 0.341 e. The van der Waals surface area contributed by atoms with Crippen LogP contribution in [0, 0.1) is 20.8 Å². The van der Waals surface area contributed by atoms with Crippen LogP contribution in [-0.4, -0.2) is 42.3 Å². The first-order valence-corrected chi connectivity index (χ1v) is 15.0. The molecule has 1 N–H and O–H groups in total. The number of hydrogen-bond donors (Lipinski definition) is 1. The lowest BCUT2D eigenvalue weighted by Gasteiger charge is -2.37. The largest absolute Gasteiger partial charge is 0.481 e. The Hall–Kier alpha value is -2.08. The Morgan fingerprint density at radius 1 is 0.842 bits per heavy atom. The molecule has 216 valence electrons. The lowest BCUT2D eigenvalue weighted by molar-refractivity contribution is -0.139. The predicted octanol–water partition coefficient (Wildman–Crippen LogP) is 7.84. The zero-order chi connectivity index (χ0) is 28.0. The van der Waals surface area contributed by atoms with Gasteiger partial charge >= 0.3 is 5.97 Å². The zero-order valence-corrected chi connectivity index (χ0v) is 24.7. The van der Waals surface area contributed by atoms with Crippen molar-refractivity contribution < 1.29 is 28.9 Å². The molecule has 1 aromatic carbocycles. The van der Waals surface area contributed by atoms with Gasteiger partial charge in [0.25, 0.3) is 0 Å². The molecular formula is C32H52O6. The normalized spacial score (nSPS) is 16.7. The smallest absolute Gasteiger partial charge is 0.341 e. The number of benzene rings is 1. The molecule has 1 aliphatic rings. The Kier molecular flexibility index (Phi) is 14.2. The summed E-state index contributed by atoms with van der Waals surface area (Å²) in [4.78, 5) is 24.1. The molecule has 0 spiro atoms. The number of ether oxygens (including phenoxy) is 3. The quantitative estimate of drug-likeness (QED) is 0.172. The molecule has 1 unspecified atom stereocenters. The van der Waals surface area contributed by atoms with Crippen molar-refractivity contribution in [3.63, 3.8) is 0 Å². The Labute approximate surface area is 230 Å². The van der Waals surface area contributed by atoms with Gasteiger partial charge in [0.05, 0.1) is 0 Å². The molecule has 1 heterocycles. The number of fused-ring (bicyclic) bond motifs is 1. The van der Waals surface area contributed by atoms with Crippen LogP contribution in [0.25, 0.3) is 0 Å². The van der Waals surface area contributed by atoms with Crippen LogP contribution >= 0.6 is 0 Å². The zero-order valence-electron chi connectivity index (χ0n) is 24.7. The van der Waals surface area contributed by atoms with E-state index in [1.54, 1.807) is 0 Å². The molecule has 6 nitrogen and oxygen atoms in total. The van der Waals surface area contributed by atoms with Crippen LogP contribution in [0.15, 0.2) is 0 Å². The van der Waals surface area contributed by atoms with Crippen LogP contribution in [0.1, 0.15) is 126 Å². The van der Waals surface area contributed by atoms with E-state index in [0.717, 1.165) is 73.3 Å². The molecule has 2 rings (SSSR count). The number of Topliss-reactive ketones (excluding diaryl/α,β-unsaturated/α-hetero) is 1. The summed E-state index contributed by atoms with van der Waals surface area (Å²) >= 11 is 0. The number of ketones is 1. The summed E-state index contributed by atoms with van der Waals surface area (Å²) in [6, 6.07) is 0. The second-order valence-corrected chi connectivity index (χ2v) is 11.2. The maximum absolute atomic E-state index is 13.2. The van der Waals surface area contributed by atoms with E-state index < -0.39 is 11.6 Å². The summed E-state index contributed by atoms with van der Waals surface area (Å²) in [5, 5.41) is 9.01. The van der Waals surface area contributed by atoms with Gasteiger partial charge in [-0.05, 0) is 76.5 Å². The van der Waals surface area contributed by atoms with Crippen molar-refractivity contribution in [1.29, 1.82) is 0 Å². The number of rotatable bonds is 20. The van der Waals surface area contributed by atoms with Crippen molar-refractivity contribution in [2.45, 2.75) is 137 Å². The van der Waals surface area contributed by atoms with Gasteiger partial charge in [-0.1, -0.05) is 64.7 Å². The maximum atomic E-state index is 13.2. The summed E-state index contributed by atoms with van der Waals surface area (Å²) in [6.07, 6.45) is 16.3. The van der Waals surface area contributed by atoms with Crippen molar-refractivity contribution in [3.8, 4) is 11.5 Å². The predicted molar refractivity (Wildman–Crippen MR) is 153 cm³/mol. The first-order valence-electron chi connectivity index (χ1n) is 15.0. The van der Waals surface area contributed by atoms with Gasteiger partial charge in [-0.15, -0.1) is 0 Å². The Balaban J connectivity index is 1.67. The highest BCUT2D eigenvalue weighted by molar-refractivity contribution is 5.88. The molecule has 0 saturated heterocycles. The van der Waals surface area contributed by atoms with Gasteiger partial charge in [0, 0.05) is 25.2 Å². The van der Waals surface area contributed by atoms with Gasteiger partial charge in [0.2, 0.25) is 0 Å². The summed E-state index contributed by atoms with van der Waals surface area (Å²) in [5.74, 6) is 0.559. The van der Waals surface area contributed by atoms with Crippen LogP contribution < -0.4 is 9.47 Å². The van der Waals surface area contributed by atoms with E-state index in [2.05, 4.69) is 6.92 Å². The third-order valence-corrected chi connectivity index (χ3v) is 8.00. The topological polar surface area (TPSA) is 82.1 Å². The number of carboxylic acids is 1. The van der Waals surface area contributed by atoms with Crippen LogP contribution in [-0.2, 0) is 20.7 Å². The Bertz CT molecular complexity index is 893. The van der Waals surface area contributed by atoms with E-state index >= 15 is 0 Å². The van der Waals surface area contributed by atoms with Gasteiger partial charge < -0.3 is 19.3 Å². The number of carboxylic acid groups (broad SMARTS) is 1. The number of carbonyl (C=O) groups excluding carboxylic acids is 1. The highest BCUT2D eigenvalue weighted by atomic mass is 16.5. The van der Waals surface area contributed by atoms with Gasteiger partial charge in [0.1, 0.15) is 11.5 Å². The molecule has 1 atom stereocenters. The molecule has 0 amide bonds. The van der Waals surface area contributed by atoms with Gasteiger partial charge in [0.15, 0.2) is 18.0 Å². The minimum atomic E-state index is -0.999.